The van der Waals surface area contributed by atoms with Gasteiger partial charge in [-0.3, -0.25) is 4.79 Å². The molecule has 0 aromatic heterocycles. The van der Waals surface area contributed by atoms with Gasteiger partial charge in [0.25, 0.3) is 5.79 Å². The minimum Gasteiger partial charge on any atom is -0.477 e. The van der Waals surface area contributed by atoms with Gasteiger partial charge in [-0.1, -0.05) is 11.2 Å². The van der Waals surface area contributed by atoms with Crippen LogP contribution in [-0.2, 0) is 38.0 Å². The van der Waals surface area contributed by atoms with E-state index in [1.54, 1.807) is 0 Å². The summed E-state index contributed by atoms with van der Waals surface area (Å²) >= 11 is 0. The quantitative estimate of drug-likeness (QED) is 0.0328. The van der Waals surface area contributed by atoms with E-state index in [2.05, 4.69) is 21.9 Å². The molecule has 0 radical (unpaired) electrons. The van der Waals surface area contributed by atoms with E-state index in [0.717, 1.165) is 6.92 Å². The summed E-state index contributed by atoms with van der Waals surface area (Å²) in [4.78, 5) is 26.9. The highest BCUT2D eigenvalue weighted by atomic mass is 16.8. The summed E-state index contributed by atoms with van der Waals surface area (Å²) in [7, 11) is 0. The minimum absolute atomic E-state index is 0.125. The Hall–Kier alpha value is -2.61. The molecule has 3 aliphatic heterocycles. The van der Waals surface area contributed by atoms with Crippen LogP contribution >= 0.6 is 0 Å². The summed E-state index contributed by atoms with van der Waals surface area (Å²) < 4.78 is 33.2. The second-order valence-electron chi connectivity index (χ2n) is 11.3. The van der Waals surface area contributed by atoms with Crippen molar-refractivity contribution in [1.82, 2.24) is 5.32 Å². The number of nitrogens with zero attached hydrogens (tertiary/aromatic N) is 3. The van der Waals surface area contributed by atoms with Gasteiger partial charge in [0.2, 0.25) is 5.91 Å². The molecule has 22 nitrogen and oxygen atoms in total. The van der Waals surface area contributed by atoms with Crippen molar-refractivity contribution in [3.05, 3.63) is 23.1 Å². The summed E-state index contributed by atoms with van der Waals surface area (Å²) in [5, 5.41) is 109. The number of carboxylic acid groups (broad SMARTS) is 1. The van der Waals surface area contributed by atoms with Crippen LogP contribution < -0.4 is 5.32 Å². The third kappa shape index (κ3) is 8.75. The van der Waals surface area contributed by atoms with Gasteiger partial charge in [0.1, 0.15) is 67.1 Å². The van der Waals surface area contributed by atoms with Crippen molar-refractivity contribution < 1.29 is 89.1 Å². The Morgan fingerprint density at radius 3 is 2.31 bits per heavy atom. The van der Waals surface area contributed by atoms with Gasteiger partial charge >= 0.3 is 5.97 Å². The van der Waals surface area contributed by atoms with Crippen LogP contribution in [0.4, 0.5) is 0 Å². The smallest absolute Gasteiger partial charge is 0.364 e. The normalized spacial score (nSPS) is 41.4. The van der Waals surface area contributed by atoms with Crippen LogP contribution in [-0.4, -0.2) is 187 Å². The molecule has 0 spiro atoms. The van der Waals surface area contributed by atoms with E-state index in [0.29, 0.717) is 0 Å². The molecule has 48 heavy (non-hydrogen) atoms. The second kappa shape index (κ2) is 17.4. The zero-order valence-corrected chi connectivity index (χ0v) is 25.6. The summed E-state index contributed by atoms with van der Waals surface area (Å²) in [5.41, 5.74) is 9.13. The van der Waals surface area contributed by atoms with Crippen molar-refractivity contribution in [2.24, 2.45) is 5.11 Å². The first kappa shape index (κ1) is 39.8. The summed E-state index contributed by atoms with van der Waals surface area (Å²) in [6, 6.07) is -2.96. The van der Waals surface area contributed by atoms with E-state index in [4.69, 9.17) is 34.0 Å². The molecule has 0 saturated carbocycles. The number of amides is 1. The highest BCUT2D eigenvalue weighted by molar-refractivity contribution is 5.76. The minimum atomic E-state index is -2.84. The number of carbonyl (C=O) groups is 2. The Kier molecular flexibility index (Phi) is 14.4. The Labute approximate surface area is 272 Å². The third-order valence-electron chi connectivity index (χ3n) is 8.01. The van der Waals surface area contributed by atoms with Crippen molar-refractivity contribution in [2.45, 2.75) is 111 Å². The van der Waals surface area contributed by atoms with Gasteiger partial charge in [-0.2, -0.15) is 0 Å². The molecule has 11 N–H and O–H groups in total. The predicted octanol–water partition coefficient (Wildman–Crippen LogP) is -5.70. The van der Waals surface area contributed by atoms with Crippen LogP contribution in [0.25, 0.3) is 10.4 Å². The first-order chi connectivity index (χ1) is 22.7. The van der Waals surface area contributed by atoms with E-state index >= 15 is 0 Å². The molecule has 22 heteroatoms. The number of aliphatic carboxylic acids is 1. The highest BCUT2D eigenvalue weighted by Gasteiger charge is 2.57. The fourth-order valence-electron chi connectivity index (χ4n) is 5.51. The maximum absolute atomic E-state index is 12.5. The first-order valence-corrected chi connectivity index (χ1v) is 14.7. The van der Waals surface area contributed by atoms with Gasteiger partial charge in [0.15, 0.2) is 12.6 Å². The van der Waals surface area contributed by atoms with Crippen molar-refractivity contribution >= 4 is 11.9 Å². The molecule has 0 aromatic rings. The maximum atomic E-state index is 12.5. The highest BCUT2D eigenvalue weighted by Crippen LogP contribution is 2.36. The van der Waals surface area contributed by atoms with E-state index in [1.165, 1.54) is 6.08 Å². The lowest BCUT2D eigenvalue weighted by Gasteiger charge is -2.48. The molecular formula is C26H42N4O18. The molecule has 1 amide bonds. The number of rotatable bonds is 15. The zero-order valence-electron chi connectivity index (χ0n) is 25.6. The van der Waals surface area contributed by atoms with Gasteiger partial charge < -0.3 is 84.8 Å². The van der Waals surface area contributed by atoms with Gasteiger partial charge in [-0.25, -0.2) is 4.79 Å². The second-order valence-corrected chi connectivity index (χ2v) is 11.3. The lowest BCUT2D eigenvalue weighted by Crippen LogP contribution is -2.68. The number of carbonyl (C=O) groups excluding carboxylic acids is 1. The van der Waals surface area contributed by atoms with Crippen molar-refractivity contribution in [2.75, 3.05) is 26.4 Å². The number of hydrogen-bond acceptors (Lipinski definition) is 18. The van der Waals surface area contributed by atoms with Crippen molar-refractivity contribution in [3.63, 3.8) is 0 Å². The van der Waals surface area contributed by atoms with Gasteiger partial charge in [0, 0.05) is 18.3 Å². The number of nitrogens with one attached hydrogen (secondary N) is 1. The Bertz CT molecular complexity index is 1150. The van der Waals surface area contributed by atoms with Gasteiger partial charge in [-0.05, 0) is 5.53 Å². The number of aliphatic hydroxyl groups is 9. The molecule has 3 fully saturated rings. The molecule has 274 valence electrons. The van der Waals surface area contributed by atoms with Crippen LogP contribution in [0.1, 0.15) is 13.3 Å². The molecule has 3 rings (SSSR count). The van der Waals surface area contributed by atoms with E-state index in [1.807, 2.05) is 0 Å². The average Bonchev–Trinajstić information content (AvgIpc) is 3.05. The van der Waals surface area contributed by atoms with E-state index in [-0.39, 0.29) is 6.61 Å². The number of carboxylic acids is 1. The lowest BCUT2D eigenvalue weighted by atomic mass is 9.88. The van der Waals surface area contributed by atoms with Gasteiger partial charge in [0.05, 0.1) is 38.6 Å². The summed E-state index contributed by atoms with van der Waals surface area (Å²) in [6.07, 6.45) is -23.1. The van der Waals surface area contributed by atoms with Crippen molar-refractivity contribution in [3.8, 4) is 0 Å². The fourth-order valence-corrected chi connectivity index (χ4v) is 5.51. The number of hydrogen-bond donors (Lipinski definition) is 11. The lowest BCUT2D eigenvalue weighted by molar-refractivity contribution is -0.356. The molecule has 16 atom stereocenters. The Balaban J connectivity index is 1.87. The standard InChI is InChI=1S/C26H42N4O18/c1-3-4-43-23-15(29-30-27)21(18(38)12(7-32)45-23)47-24-20(40)19(39)17(37)13(46-24)8-44-26(25(41)42)5-10(34)14(28-9(2)33)22(48-26)16(36)11(35)6-31/h3,10-24,31-32,34-40H,1,4-8H2,2H3,(H,28,33)(H,41,42)/t10-,11+,12+,13+,14+,15+,16+,17-,18-,19-,20+,21+,22+,23+,24-,26+/m0/s1. The van der Waals surface area contributed by atoms with Crippen LogP contribution in [0.2, 0.25) is 0 Å². The first-order valence-electron chi connectivity index (χ1n) is 14.7. The van der Waals surface area contributed by atoms with Gasteiger partial charge in [-0.15, -0.1) is 6.58 Å². The SMILES string of the molecule is C=CCO[C@@H]1O[C@H](CO)[C@H](O)[C@H](O[C@@H]2O[C@H](CO[C@]3(C(=O)O)C[C@H](O)[C@@H](NC(C)=O)[C@H]([C@H](O)[C@H](O)CO)O3)[C@H](O)[C@H](O)[C@H]2O)[C@H]1N=[N+]=[N-]. The van der Waals surface area contributed by atoms with Crippen molar-refractivity contribution in [1.29, 1.82) is 0 Å². The molecule has 0 aromatic carbocycles. The van der Waals surface area contributed by atoms with Crippen LogP contribution in [0.15, 0.2) is 17.8 Å². The number of ether oxygens (including phenoxy) is 6. The fraction of sp³-hybridized carbons (Fsp3) is 0.846. The van der Waals surface area contributed by atoms with E-state index in [9.17, 15) is 60.7 Å². The van der Waals surface area contributed by atoms with E-state index < -0.39 is 136 Å². The Morgan fingerprint density at radius 1 is 1.08 bits per heavy atom. The van der Waals surface area contributed by atoms with Crippen LogP contribution in [0.3, 0.4) is 0 Å². The molecular weight excluding hydrogens is 656 g/mol. The molecule has 3 aliphatic rings. The topological polar surface area (TPSA) is 353 Å². The van der Waals surface area contributed by atoms with Crippen LogP contribution in [0.5, 0.6) is 0 Å². The molecule has 3 heterocycles. The number of azide groups is 1. The maximum Gasteiger partial charge on any atom is 0.364 e. The van der Waals surface area contributed by atoms with Crippen LogP contribution in [0, 0.1) is 0 Å². The summed E-state index contributed by atoms with van der Waals surface area (Å²) in [6.45, 7) is 1.67. The zero-order chi connectivity index (χ0) is 35.9. The number of aliphatic hydroxyl groups excluding tert-OH is 9. The molecule has 0 unspecified atom stereocenters. The third-order valence-corrected chi connectivity index (χ3v) is 8.01. The molecule has 0 bridgehead atoms. The molecule has 0 aliphatic carbocycles. The summed E-state index contributed by atoms with van der Waals surface area (Å²) in [5.74, 6) is -5.44. The monoisotopic (exact) mass is 698 g/mol. The Morgan fingerprint density at radius 2 is 1.75 bits per heavy atom. The average molecular weight is 699 g/mol. The molecule has 3 saturated heterocycles. The largest absolute Gasteiger partial charge is 0.477 e. The predicted molar refractivity (Wildman–Crippen MR) is 151 cm³/mol.